The predicted molar refractivity (Wildman–Crippen MR) is 138 cm³/mol. The minimum absolute atomic E-state index is 0.121. The van der Waals surface area contributed by atoms with Gasteiger partial charge in [-0.15, -0.1) is 0 Å². The quantitative estimate of drug-likeness (QED) is 0.345. The predicted octanol–water partition coefficient (Wildman–Crippen LogP) is 6.71. The van der Waals surface area contributed by atoms with Gasteiger partial charge in [0.05, 0.1) is 12.2 Å². The number of halogens is 2. The van der Waals surface area contributed by atoms with Crippen molar-refractivity contribution in [2.75, 3.05) is 19.9 Å². The second-order valence-corrected chi connectivity index (χ2v) is 9.46. The maximum absolute atomic E-state index is 13.2. The third-order valence-corrected chi connectivity index (χ3v) is 6.79. The molecular formula is C28H25Cl2NO4. The van der Waals surface area contributed by atoms with Gasteiger partial charge in [-0.1, -0.05) is 41.4 Å². The van der Waals surface area contributed by atoms with Gasteiger partial charge in [0.1, 0.15) is 24.0 Å². The summed E-state index contributed by atoms with van der Waals surface area (Å²) < 4.78 is 17.6. The van der Waals surface area contributed by atoms with Crippen LogP contribution in [0.4, 0.5) is 0 Å². The SMILES string of the molecule is CCOc1ccc(/C=C2\Oc3c(cc4c(c3C)OCN(CCc3ccc(Cl)cc3Cl)C4)C2=O)cc1. The van der Waals surface area contributed by atoms with Gasteiger partial charge in [-0.2, -0.15) is 0 Å². The van der Waals surface area contributed by atoms with Gasteiger partial charge in [0.25, 0.3) is 0 Å². The molecule has 180 valence electrons. The Morgan fingerprint density at radius 3 is 2.63 bits per heavy atom. The summed E-state index contributed by atoms with van der Waals surface area (Å²) in [7, 11) is 0. The molecule has 0 aromatic heterocycles. The number of carbonyl (C=O) groups is 1. The summed E-state index contributed by atoms with van der Waals surface area (Å²) in [6.45, 7) is 6.40. The minimum atomic E-state index is -0.121. The maximum atomic E-state index is 13.2. The number of allylic oxidation sites excluding steroid dienone is 1. The highest BCUT2D eigenvalue weighted by molar-refractivity contribution is 6.35. The molecule has 2 aliphatic heterocycles. The van der Waals surface area contributed by atoms with Gasteiger partial charge < -0.3 is 14.2 Å². The largest absolute Gasteiger partial charge is 0.494 e. The van der Waals surface area contributed by atoms with Crippen molar-refractivity contribution >= 4 is 35.1 Å². The van der Waals surface area contributed by atoms with E-state index in [0.717, 1.165) is 46.7 Å². The van der Waals surface area contributed by atoms with Gasteiger partial charge in [-0.05, 0) is 67.8 Å². The fraction of sp³-hybridized carbons (Fsp3) is 0.250. The van der Waals surface area contributed by atoms with Crippen molar-refractivity contribution in [3.63, 3.8) is 0 Å². The molecule has 7 heteroatoms. The van der Waals surface area contributed by atoms with E-state index in [0.29, 0.717) is 47.0 Å². The molecule has 0 saturated heterocycles. The normalized spacial score (nSPS) is 16.0. The van der Waals surface area contributed by atoms with E-state index in [9.17, 15) is 4.79 Å². The Hall–Kier alpha value is -2.99. The number of Topliss-reactive ketones (excluding diaryl/α,β-unsaturated/α-hetero) is 1. The molecule has 35 heavy (non-hydrogen) atoms. The number of carbonyl (C=O) groups excluding carboxylic acids is 1. The van der Waals surface area contributed by atoms with Crippen LogP contribution in [0.5, 0.6) is 17.2 Å². The summed E-state index contributed by atoms with van der Waals surface area (Å²) in [5.41, 5.74) is 4.31. The van der Waals surface area contributed by atoms with E-state index in [2.05, 4.69) is 4.90 Å². The van der Waals surface area contributed by atoms with E-state index in [1.54, 1.807) is 12.1 Å². The lowest BCUT2D eigenvalue weighted by atomic mass is 10.00. The van der Waals surface area contributed by atoms with Crippen molar-refractivity contribution in [1.29, 1.82) is 0 Å². The Kier molecular flexibility index (Phi) is 6.74. The molecule has 0 aliphatic carbocycles. The number of ketones is 1. The number of hydrogen-bond donors (Lipinski definition) is 0. The Morgan fingerprint density at radius 1 is 1.09 bits per heavy atom. The van der Waals surface area contributed by atoms with E-state index in [4.69, 9.17) is 37.4 Å². The second-order valence-electron chi connectivity index (χ2n) is 8.62. The first-order valence-electron chi connectivity index (χ1n) is 11.6. The van der Waals surface area contributed by atoms with Crippen LogP contribution in [0.1, 0.15) is 39.5 Å². The van der Waals surface area contributed by atoms with Crippen LogP contribution in [-0.2, 0) is 13.0 Å². The van der Waals surface area contributed by atoms with Crippen LogP contribution in [-0.4, -0.2) is 30.6 Å². The molecule has 3 aromatic carbocycles. The Morgan fingerprint density at radius 2 is 1.89 bits per heavy atom. The molecular weight excluding hydrogens is 485 g/mol. The highest BCUT2D eigenvalue weighted by Crippen LogP contribution is 2.43. The van der Waals surface area contributed by atoms with Crippen molar-refractivity contribution < 1.29 is 19.0 Å². The highest BCUT2D eigenvalue weighted by atomic mass is 35.5. The maximum Gasteiger partial charge on any atom is 0.231 e. The van der Waals surface area contributed by atoms with Gasteiger partial charge in [0.15, 0.2) is 5.76 Å². The second kappa shape index (κ2) is 9.94. The van der Waals surface area contributed by atoms with Gasteiger partial charge in [-0.3, -0.25) is 9.69 Å². The summed E-state index contributed by atoms with van der Waals surface area (Å²) in [5, 5.41) is 1.29. The third kappa shape index (κ3) is 4.90. The summed E-state index contributed by atoms with van der Waals surface area (Å²) >= 11 is 12.3. The summed E-state index contributed by atoms with van der Waals surface area (Å²) in [5.74, 6) is 2.35. The van der Waals surface area contributed by atoms with Gasteiger partial charge in [-0.25, -0.2) is 0 Å². The van der Waals surface area contributed by atoms with Crippen LogP contribution in [0.3, 0.4) is 0 Å². The summed E-state index contributed by atoms with van der Waals surface area (Å²) in [6.07, 6.45) is 2.54. The number of rotatable bonds is 6. The molecule has 0 unspecified atom stereocenters. The molecule has 0 amide bonds. The zero-order valence-electron chi connectivity index (χ0n) is 19.6. The van der Waals surface area contributed by atoms with Gasteiger partial charge in [0, 0.05) is 34.3 Å². The van der Waals surface area contributed by atoms with Gasteiger partial charge >= 0.3 is 0 Å². The average molecular weight is 510 g/mol. The Balaban J connectivity index is 1.33. The molecule has 0 N–H and O–H groups in total. The van der Waals surface area contributed by atoms with Crippen LogP contribution in [0.15, 0.2) is 54.3 Å². The van der Waals surface area contributed by atoms with E-state index < -0.39 is 0 Å². The molecule has 0 atom stereocenters. The lowest BCUT2D eigenvalue weighted by Crippen LogP contribution is -2.34. The number of nitrogens with zero attached hydrogens (tertiary/aromatic N) is 1. The molecule has 2 heterocycles. The molecule has 0 saturated carbocycles. The third-order valence-electron chi connectivity index (χ3n) is 6.20. The zero-order chi connectivity index (χ0) is 24.5. The Bertz CT molecular complexity index is 1320. The molecule has 0 spiro atoms. The topological polar surface area (TPSA) is 48.0 Å². The molecule has 5 rings (SSSR count). The van der Waals surface area contributed by atoms with Crippen molar-refractivity contribution in [2.45, 2.75) is 26.8 Å². The first-order chi connectivity index (χ1) is 16.9. The van der Waals surface area contributed by atoms with Crippen LogP contribution in [0, 0.1) is 6.92 Å². The zero-order valence-corrected chi connectivity index (χ0v) is 21.1. The van der Waals surface area contributed by atoms with Crippen LogP contribution < -0.4 is 14.2 Å². The lowest BCUT2D eigenvalue weighted by Gasteiger charge is -2.30. The standard InChI is InChI=1S/C28H25Cl2NO4/c1-3-33-22-8-4-18(5-9-22)12-25-26(32)23-13-20-15-31(16-34-27(20)17(2)28(23)35-25)11-10-19-6-7-21(29)14-24(19)30/h4-9,12-14H,3,10-11,15-16H2,1-2H3/b25-12-. The van der Waals surface area contributed by atoms with E-state index in [1.165, 1.54) is 0 Å². The first-order valence-corrected chi connectivity index (χ1v) is 12.3. The van der Waals surface area contributed by atoms with Gasteiger partial charge in [0.2, 0.25) is 5.78 Å². The van der Waals surface area contributed by atoms with Crippen LogP contribution in [0.2, 0.25) is 10.0 Å². The summed E-state index contributed by atoms with van der Waals surface area (Å²) in [4.78, 5) is 15.4. The smallest absolute Gasteiger partial charge is 0.231 e. The van der Waals surface area contributed by atoms with E-state index in [-0.39, 0.29) is 5.78 Å². The number of hydrogen-bond acceptors (Lipinski definition) is 5. The van der Waals surface area contributed by atoms with Crippen molar-refractivity contribution in [1.82, 2.24) is 4.90 Å². The monoisotopic (exact) mass is 509 g/mol. The number of benzene rings is 3. The fourth-order valence-corrected chi connectivity index (χ4v) is 4.92. The van der Waals surface area contributed by atoms with E-state index >= 15 is 0 Å². The molecule has 0 bridgehead atoms. The first kappa shape index (κ1) is 23.7. The van der Waals surface area contributed by atoms with Crippen LogP contribution in [0.25, 0.3) is 6.08 Å². The van der Waals surface area contributed by atoms with E-state index in [1.807, 2.05) is 56.3 Å². The molecule has 2 aliphatic rings. The fourth-order valence-electron chi connectivity index (χ4n) is 4.42. The summed E-state index contributed by atoms with van der Waals surface area (Å²) in [6, 6.07) is 15.0. The highest BCUT2D eigenvalue weighted by Gasteiger charge is 2.33. The number of fused-ring (bicyclic) bond motifs is 2. The Labute approximate surface area is 214 Å². The molecule has 3 aromatic rings. The minimum Gasteiger partial charge on any atom is -0.494 e. The van der Waals surface area contributed by atoms with Crippen LogP contribution >= 0.6 is 23.2 Å². The molecule has 0 radical (unpaired) electrons. The average Bonchev–Trinajstić information content (AvgIpc) is 3.15. The van der Waals surface area contributed by atoms with Crippen molar-refractivity contribution in [3.8, 4) is 17.2 Å². The van der Waals surface area contributed by atoms with Crippen molar-refractivity contribution in [3.05, 3.63) is 92.2 Å². The lowest BCUT2D eigenvalue weighted by molar-refractivity contribution is 0.0954. The molecule has 5 nitrogen and oxygen atoms in total. The number of ether oxygens (including phenoxy) is 3. The van der Waals surface area contributed by atoms with Crippen molar-refractivity contribution in [2.24, 2.45) is 0 Å². The molecule has 0 fully saturated rings.